The molecule has 0 saturated heterocycles. The monoisotopic (exact) mass is 297 g/mol. The van der Waals surface area contributed by atoms with E-state index in [-0.39, 0.29) is 6.04 Å². The molecule has 0 aromatic heterocycles. The van der Waals surface area contributed by atoms with E-state index < -0.39 is 0 Å². The van der Waals surface area contributed by atoms with Crippen LogP contribution < -0.4 is 5.73 Å². The van der Waals surface area contributed by atoms with Gasteiger partial charge in [-0.3, -0.25) is 0 Å². The fourth-order valence-corrected chi connectivity index (χ4v) is 4.52. The lowest BCUT2D eigenvalue weighted by molar-refractivity contribution is 0.632. The Balaban J connectivity index is 1.73. The van der Waals surface area contributed by atoms with Crippen LogP contribution in [0.2, 0.25) is 0 Å². The Morgan fingerprint density at radius 1 is 1.10 bits per heavy atom. The Morgan fingerprint density at radius 3 is 2.71 bits per heavy atom. The molecule has 110 valence electrons. The van der Waals surface area contributed by atoms with Crippen molar-refractivity contribution in [3.63, 3.8) is 0 Å². The Labute approximate surface area is 132 Å². The fraction of sp³-hybridized carbons (Fsp3) is 0.368. The molecule has 2 N–H and O–H groups in total. The fourth-order valence-electron chi connectivity index (χ4n) is 3.12. The van der Waals surface area contributed by atoms with E-state index in [0.29, 0.717) is 5.25 Å². The van der Waals surface area contributed by atoms with Crippen molar-refractivity contribution >= 4 is 11.8 Å². The van der Waals surface area contributed by atoms with Gasteiger partial charge in [0.1, 0.15) is 0 Å². The van der Waals surface area contributed by atoms with Crippen molar-refractivity contribution in [3.8, 4) is 0 Å². The molecular weight excluding hydrogens is 274 g/mol. The van der Waals surface area contributed by atoms with Crippen LogP contribution >= 0.6 is 11.8 Å². The molecule has 21 heavy (non-hydrogen) atoms. The third-order valence-electron chi connectivity index (χ3n) is 4.46. The van der Waals surface area contributed by atoms with Crippen LogP contribution in [0.1, 0.15) is 41.1 Å². The highest BCUT2D eigenvalue weighted by Crippen LogP contribution is 2.36. The number of aryl methyl sites for hydroxylation is 2. The maximum absolute atomic E-state index is 6.57. The summed E-state index contributed by atoms with van der Waals surface area (Å²) < 4.78 is 0. The maximum atomic E-state index is 6.57. The summed E-state index contributed by atoms with van der Waals surface area (Å²) in [4.78, 5) is 0. The highest BCUT2D eigenvalue weighted by atomic mass is 32.2. The summed E-state index contributed by atoms with van der Waals surface area (Å²) in [6, 6.07) is 17.5. The van der Waals surface area contributed by atoms with Gasteiger partial charge < -0.3 is 5.73 Å². The number of nitrogens with two attached hydrogens (primary N) is 1. The molecule has 0 saturated carbocycles. The second-order valence-corrected chi connectivity index (χ2v) is 7.12. The van der Waals surface area contributed by atoms with Gasteiger partial charge in [0.2, 0.25) is 0 Å². The highest BCUT2D eigenvalue weighted by molar-refractivity contribution is 7.99. The largest absolute Gasteiger partial charge is 0.323 e. The number of rotatable bonds is 3. The van der Waals surface area contributed by atoms with Gasteiger partial charge in [0, 0.05) is 17.0 Å². The zero-order valence-electron chi connectivity index (χ0n) is 12.6. The standard InChI is InChI=1S/C19H23NS/c1-14-7-2-3-9-16(14)13-21-18-12-6-10-15-8-4-5-11-17(15)19(18)20/h2-5,7-9,11,18-19H,6,10,12-13,20H2,1H3. The first-order valence-electron chi connectivity index (χ1n) is 7.75. The third kappa shape index (κ3) is 3.33. The van der Waals surface area contributed by atoms with Gasteiger partial charge in [0.25, 0.3) is 0 Å². The first-order chi connectivity index (χ1) is 10.3. The van der Waals surface area contributed by atoms with E-state index in [1.54, 1.807) is 0 Å². The van der Waals surface area contributed by atoms with Crippen molar-refractivity contribution in [3.05, 3.63) is 70.8 Å². The predicted octanol–water partition coefficient (Wildman–Crippen LogP) is 4.63. The first kappa shape index (κ1) is 14.7. The van der Waals surface area contributed by atoms with E-state index in [9.17, 15) is 0 Å². The van der Waals surface area contributed by atoms with Gasteiger partial charge >= 0.3 is 0 Å². The molecule has 1 nitrogen and oxygen atoms in total. The van der Waals surface area contributed by atoms with Crippen LogP contribution in [0.3, 0.4) is 0 Å². The smallest absolute Gasteiger partial charge is 0.0418 e. The summed E-state index contributed by atoms with van der Waals surface area (Å²) >= 11 is 2.02. The van der Waals surface area contributed by atoms with Crippen LogP contribution in [-0.2, 0) is 12.2 Å². The van der Waals surface area contributed by atoms with Crippen molar-refractivity contribution < 1.29 is 0 Å². The maximum Gasteiger partial charge on any atom is 0.0418 e. The summed E-state index contributed by atoms with van der Waals surface area (Å²) in [5, 5.41) is 0.522. The molecule has 3 rings (SSSR count). The second-order valence-electron chi connectivity index (χ2n) is 5.89. The first-order valence-corrected chi connectivity index (χ1v) is 8.80. The number of fused-ring (bicyclic) bond motifs is 1. The molecule has 0 heterocycles. The van der Waals surface area contributed by atoms with Crippen LogP contribution in [0.5, 0.6) is 0 Å². The zero-order chi connectivity index (χ0) is 14.7. The van der Waals surface area contributed by atoms with Gasteiger partial charge in [-0.05, 0) is 48.4 Å². The minimum absolute atomic E-state index is 0.165. The summed E-state index contributed by atoms with van der Waals surface area (Å²) in [6.45, 7) is 2.19. The minimum atomic E-state index is 0.165. The van der Waals surface area contributed by atoms with Crippen molar-refractivity contribution in [2.24, 2.45) is 5.73 Å². The normalized spacial score (nSPS) is 21.6. The lowest BCUT2D eigenvalue weighted by atomic mass is 10.00. The van der Waals surface area contributed by atoms with E-state index in [2.05, 4.69) is 55.5 Å². The summed E-state index contributed by atoms with van der Waals surface area (Å²) in [5.41, 5.74) is 12.2. The number of hydrogen-bond donors (Lipinski definition) is 1. The summed E-state index contributed by atoms with van der Waals surface area (Å²) in [6.07, 6.45) is 3.63. The van der Waals surface area contributed by atoms with Crippen LogP contribution in [0.15, 0.2) is 48.5 Å². The van der Waals surface area contributed by atoms with Crippen LogP contribution in [-0.4, -0.2) is 5.25 Å². The quantitative estimate of drug-likeness (QED) is 0.836. The molecule has 2 aromatic carbocycles. The van der Waals surface area contributed by atoms with Crippen molar-refractivity contribution in [1.82, 2.24) is 0 Å². The molecule has 0 radical (unpaired) electrons. The van der Waals surface area contributed by atoms with E-state index in [0.717, 1.165) is 5.75 Å². The van der Waals surface area contributed by atoms with Crippen molar-refractivity contribution in [2.75, 3.05) is 0 Å². The van der Waals surface area contributed by atoms with E-state index in [1.165, 1.54) is 41.5 Å². The molecule has 0 bridgehead atoms. The van der Waals surface area contributed by atoms with Gasteiger partial charge in [-0.15, -0.1) is 0 Å². The average molecular weight is 297 g/mol. The molecule has 0 aliphatic heterocycles. The van der Waals surface area contributed by atoms with Crippen LogP contribution in [0, 0.1) is 6.92 Å². The zero-order valence-corrected chi connectivity index (χ0v) is 13.4. The van der Waals surface area contributed by atoms with E-state index in [1.807, 2.05) is 11.8 Å². The molecule has 2 aromatic rings. The topological polar surface area (TPSA) is 26.0 Å². The van der Waals surface area contributed by atoms with Gasteiger partial charge in [0.05, 0.1) is 0 Å². The second kappa shape index (κ2) is 6.67. The third-order valence-corrected chi connectivity index (χ3v) is 5.90. The Bertz CT molecular complexity index is 608. The highest BCUT2D eigenvalue weighted by Gasteiger charge is 2.24. The van der Waals surface area contributed by atoms with Gasteiger partial charge in [-0.25, -0.2) is 0 Å². The van der Waals surface area contributed by atoms with E-state index in [4.69, 9.17) is 5.73 Å². The molecule has 2 atom stereocenters. The molecule has 2 unspecified atom stereocenters. The van der Waals surface area contributed by atoms with E-state index >= 15 is 0 Å². The number of benzene rings is 2. The van der Waals surface area contributed by atoms with Crippen molar-refractivity contribution in [1.29, 1.82) is 0 Å². The van der Waals surface area contributed by atoms with Crippen molar-refractivity contribution in [2.45, 2.75) is 43.2 Å². The van der Waals surface area contributed by atoms with Crippen LogP contribution in [0.25, 0.3) is 0 Å². The molecular formula is C19H23NS. The Hall–Kier alpha value is -1.25. The number of thioether (sulfide) groups is 1. The van der Waals surface area contributed by atoms with Gasteiger partial charge in [-0.2, -0.15) is 11.8 Å². The summed E-state index contributed by atoms with van der Waals surface area (Å²) in [7, 11) is 0. The Kier molecular flexibility index (Phi) is 4.67. The molecule has 0 fully saturated rings. The molecule has 0 spiro atoms. The predicted molar refractivity (Wildman–Crippen MR) is 92.6 cm³/mol. The molecule has 1 aliphatic carbocycles. The Morgan fingerprint density at radius 2 is 1.86 bits per heavy atom. The average Bonchev–Trinajstić information content (AvgIpc) is 2.67. The molecule has 2 heteroatoms. The molecule has 1 aliphatic rings. The summed E-state index contributed by atoms with van der Waals surface area (Å²) in [5.74, 6) is 1.06. The van der Waals surface area contributed by atoms with Gasteiger partial charge in [0.15, 0.2) is 0 Å². The SMILES string of the molecule is Cc1ccccc1CSC1CCCc2ccccc2C1N. The molecule has 0 amide bonds. The minimum Gasteiger partial charge on any atom is -0.323 e. The number of hydrogen-bond acceptors (Lipinski definition) is 2. The van der Waals surface area contributed by atoms with Crippen LogP contribution in [0.4, 0.5) is 0 Å². The lowest BCUT2D eigenvalue weighted by Gasteiger charge is -2.23. The lowest BCUT2D eigenvalue weighted by Crippen LogP contribution is -2.23. The van der Waals surface area contributed by atoms with Gasteiger partial charge in [-0.1, -0.05) is 48.5 Å².